The fraction of sp³-hybridized carbons (Fsp3) is 0.450. The predicted molar refractivity (Wildman–Crippen MR) is 114 cm³/mol. The molecule has 1 aromatic carbocycles. The quantitative estimate of drug-likeness (QED) is 0.156. The van der Waals surface area contributed by atoms with E-state index in [1.165, 1.54) is 20.1 Å². The van der Waals surface area contributed by atoms with Gasteiger partial charge in [0.05, 0.1) is 25.8 Å². The number of methoxy groups -OCH3 is 1. The van der Waals surface area contributed by atoms with E-state index in [2.05, 4.69) is 15.6 Å². The maximum Gasteiger partial charge on any atom is 0.286 e. The number of hydrogen-bond acceptors (Lipinski definition) is 8. The maximum atomic E-state index is 12.8. The van der Waals surface area contributed by atoms with Gasteiger partial charge in [-0.1, -0.05) is 12.1 Å². The highest BCUT2D eigenvalue weighted by molar-refractivity contribution is 5.92. The molecule has 1 aliphatic heterocycles. The molecule has 2 amide bonds. The number of hydrogen-bond donors (Lipinski definition) is 7. The summed E-state index contributed by atoms with van der Waals surface area (Å²) in [5.41, 5.74) is 11.7. The summed E-state index contributed by atoms with van der Waals surface area (Å²) in [6, 6.07) is 5.06. The van der Waals surface area contributed by atoms with Gasteiger partial charge in [0.1, 0.15) is 24.1 Å². The molecule has 12 nitrogen and oxygen atoms in total. The lowest BCUT2D eigenvalue weighted by atomic mass is 9.92. The standard InChI is InChI=1S/C20H29N5O7/c1-10(27)24-16-13(25-20(21)22)7-15(32-18(16)17(29)14(28)9-26)19(30)23-8-11-4-3-5-12(6-11)31-2/h3-7,13-14,16-18,26,28-29H,8-9H2,1-2H3,(H,23,30)(H,24,27)(H4,21,22,25)/t13-,14+,16+,17+,18+/m0/s1. The van der Waals surface area contributed by atoms with Crippen molar-refractivity contribution in [3.05, 3.63) is 41.7 Å². The molecule has 1 heterocycles. The minimum absolute atomic E-state index is 0.144. The van der Waals surface area contributed by atoms with Crippen LogP contribution in [0.5, 0.6) is 5.75 Å². The molecular formula is C20H29N5O7. The van der Waals surface area contributed by atoms with Crippen LogP contribution in [0.4, 0.5) is 0 Å². The van der Waals surface area contributed by atoms with Crippen LogP contribution in [0.25, 0.3) is 0 Å². The van der Waals surface area contributed by atoms with Crippen molar-refractivity contribution in [2.75, 3.05) is 13.7 Å². The summed E-state index contributed by atoms with van der Waals surface area (Å²) < 4.78 is 10.8. The molecule has 32 heavy (non-hydrogen) atoms. The van der Waals surface area contributed by atoms with E-state index in [-0.39, 0.29) is 18.3 Å². The van der Waals surface area contributed by atoms with Gasteiger partial charge in [-0.3, -0.25) is 9.59 Å². The second-order valence-corrected chi connectivity index (χ2v) is 7.16. The van der Waals surface area contributed by atoms with Crippen LogP contribution in [0, 0.1) is 0 Å². The molecule has 1 aromatic rings. The van der Waals surface area contributed by atoms with E-state index >= 15 is 0 Å². The van der Waals surface area contributed by atoms with E-state index in [0.29, 0.717) is 5.75 Å². The monoisotopic (exact) mass is 451 g/mol. The van der Waals surface area contributed by atoms with Crippen molar-refractivity contribution in [1.29, 1.82) is 0 Å². The van der Waals surface area contributed by atoms with Crippen molar-refractivity contribution in [3.8, 4) is 5.75 Å². The lowest BCUT2D eigenvalue weighted by Gasteiger charge is -2.39. The summed E-state index contributed by atoms with van der Waals surface area (Å²) in [6.07, 6.45) is -3.30. The molecule has 0 saturated carbocycles. The Labute approximate surface area is 184 Å². The Bertz CT molecular complexity index is 872. The van der Waals surface area contributed by atoms with E-state index in [9.17, 15) is 24.9 Å². The van der Waals surface area contributed by atoms with Crippen LogP contribution < -0.4 is 26.8 Å². The number of guanidine groups is 1. The van der Waals surface area contributed by atoms with Crippen molar-refractivity contribution in [3.63, 3.8) is 0 Å². The highest BCUT2D eigenvalue weighted by atomic mass is 16.5. The third kappa shape index (κ3) is 6.57. The summed E-state index contributed by atoms with van der Waals surface area (Å²) in [6.45, 7) is 0.603. The zero-order valence-electron chi connectivity index (χ0n) is 17.8. The number of nitrogens with one attached hydrogen (secondary N) is 2. The Hall–Kier alpha value is -3.35. The van der Waals surface area contributed by atoms with Crippen LogP contribution in [0.3, 0.4) is 0 Å². The smallest absolute Gasteiger partial charge is 0.286 e. The van der Waals surface area contributed by atoms with Gasteiger partial charge in [-0.15, -0.1) is 0 Å². The van der Waals surface area contributed by atoms with Gasteiger partial charge in [0.15, 0.2) is 11.7 Å². The van der Waals surface area contributed by atoms with Crippen molar-refractivity contribution < 1.29 is 34.4 Å². The molecule has 0 unspecified atom stereocenters. The molecule has 0 radical (unpaired) electrons. The highest BCUT2D eigenvalue weighted by Crippen LogP contribution is 2.25. The van der Waals surface area contributed by atoms with E-state index < -0.39 is 48.8 Å². The number of aliphatic hydroxyl groups excluding tert-OH is 3. The fourth-order valence-corrected chi connectivity index (χ4v) is 3.19. The third-order valence-electron chi connectivity index (χ3n) is 4.70. The van der Waals surface area contributed by atoms with Gasteiger partial charge in [-0.2, -0.15) is 0 Å². The van der Waals surface area contributed by atoms with Gasteiger partial charge in [0.25, 0.3) is 5.91 Å². The molecule has 0 aliphatic carbocycles. The van der Waals surface area contributed by atoms with Gasteiger partial charge in [-0.25, -0.2) is 4.99 Å². The SMILES string of the molecule is COc1cccc(CNC(=O)C2=C[C@H](N=C(N)N)[C@@H](NC(C)=O)[C@H]([C@H](O)[C@H](O)CO)O2)c1. The summed E-state index contributed by atoms with van der Waals surface area (Å²) in [5, 5.41) is 34.8. The normalized spacial score (nSPS) is 21.9. The number of rotatable bonds is 9. The number of nitrogens with two attached hydrogens (primary N) is 2. The molecule has 0 saturated heterocycles. The van der Waals surface area contributed by atoms with E-state index in [0.717, 1.165) is 5.56 Å². The van der Waals surface area contributed by atoms with Crippen LogP contribution >= 0.6 is 0 Å². The van der Waals surface area contributed by atoms with Crippen LogP contribution in [-0.4, -0.2) is 77.2 Å². The molecular weight excluding hydrogens is 422 g/mol. The minimum atomic E-state index is -1.66. The fourth-order valence-electron chi connectivity index (χ4n) is 3.19. The molecule has 0 fully saturated rings. The zero-order chi connectivity index (χ0) is 23.8. The minimum Gasteiger partial charge on any atom is -0.497 e. The number of aliphatic imine (C=N–C) groups is 1. The van der Waals surface area contributed by atoms with Crippen LogP contribution in [0.2, 0.25) is 0 Å². The molecule has 176 valence electrons. The second-order valence-electron chi connectivity index (χ2n) is 7.16. The first kappa shape index (κ1) is 24.9. The zero-order valence-corrected chi connectivity index (χ0v) is 17.8. The number of carbonyl (C=O) groups excluding carboxylic acids is 2. The van der Waals surface area contributed by atoms with Crippen LogP contribution in [0.1, 0.15) is 12.5 Å². The molecule has 0 bridgehead atoms. The first-order valence-electron chi connectivity index (χ1n) is 9.78. The second kappa shape index (κ2) is 11.3. The Balaban J connectivity index is 2.30. The van der Waals surface area contributed by atoms with Crippen molar-refractivity contribution in [2.45, 2.75) is 43.9 Å². The van der Waals surface area contributed by atoms with E-state index in [1.807, 2.05) is 0 Å². The van der Waals surface area contributed by atoms with Gasteiger partial charge in [-0.05, 0) is 23.8 Å². The molecule has 5 atom stereocenters. The lowest BCUT2D eigenvalue weighted by Crippen LogP contribution is -2.60. The van der Waals surface area contributed by atoms with Crippen molar-refractivity contribution >= 4 is 17.8 Å². The number of nitrogens with zero attached hydrogens (tertiary/aromatic N) is 1. The molecule has 9 N–H and O–H groups in total. The number of ether oxygens (including phenoxy) is 2. The van der Waals surface area contributed by atoms with Gasteiger partial charge >= 0.3 is 0 Å². The van der Waals surface area contributed by atoms with Gasteiger partial charge < -0.3 is 46.9 Å². The molecule has 1 aliphatic rings. The Kier molecular flexibility index (Phi) is 8.81. The highest BCUT2D eigenvalue weighted by Gasteiger charge is 2.43. The van der Waals surface area contributed by atoms with Crippen molar-refractivity contribution in [2.24, 2.45) is 16.5 Å². The number of benzene rings is 1. The average molecular weight is 451 g/mol. The third-order valence-corrected chi connectivity index (χ3v) is 4.70. The maximum absolute atomic E-state index is 12.8. The first-order valence-corrected chi connectivity index (χ1v) is 9.78. The van der Waals surface area contributed by atoms with Crippen LogP contribution in [0.15, 0.2) is 41.1 Å². The Morgan fingerprint density at radius 2 is 2.03 bits per heavy atom. The number of aliphatic hydroxyl groups is 3. The molecule has 0 aromatic heterocycles. The number of amides is 2. The Morgan fingerprint density at radius 3 is 2.62 bits per heavy atom. The summed E-state index contributed by atoms with van der Waals surface area (Å²) in [5.74, 6) is -1.05. The van der Waals surface area contributed by atoms with E-state index in [4.69, 9.17) is 20.9 Å². The van der Waals surface area contributed by atoms with Gasteiger partial charge in [0, 0.05) is 13.5 Å². The predicted octanol–water partition coefficient (Wildman–Crippen LogP) is -2.55. The van der Waals surface area contributed by atoms with E-state index in [1.54, 1.807) is 24.3 Å². The average Bonchev–Trinajstić information content (AvgIpc) is 2.76. The molecule has 2 rings (SSSR count). The number of carbonyl (C=O) groups is 2. The topological polar surface area (TPSA) is 202 Å². The first-order chi connectivity index (χ1) is 15.2. The summed E-state index contributed by atoms with van der Waals surface area (Å²) >= 11 is 0. The molecule has 0 spiro atoms. The Morgan fingerprint density at radius 1 is 1.31 bits per heavy atom. The van der Waals surface area contributed by atoms with Gasteiger partial charge in [0.2, 0.25) is 5.91 Å². The summed E-state index contributed by atoms with van der Waals surface area (Å²) in [4.78, 5) is 28.5. The van der Waals surface area contributed by atoms with Crippen LogP contribution in [-0.2, 0) is 20.9 Å². The lowest BCUT2D eigenvalue weighted by molar-refractivity contribution is -0.134. The largest absolute Gasteiger partial charge is 0.497 e. The molecule has 12 heteroatoms. The summed E-state index contributed by atoms with van der Waals surface area (Å²) in [7, 11) is 1.53. The van der Waals surface area contributed by atoms with Crippen molar-refractivity contribution in [1.82, 2.24) is 10.6 Å².